The van der Waals surface area contributed by atoms with Crippen LogP contribution in [-0.2, 0) is 9.59 Å². The lowest BCUT2D eigenvalue weighted by atomic mass is 9.85. The van der Waals surface area contributed by atoms with Crippen LogP contribution in [0.4, 0.5) is 0 Å². The quantitative estimate of drug-likeness (QED) is 0.627. The van der Waals surface area contributed by atoms with Gasteiger partial charge in [0.15, 0.2) is 6.67 Å². The highest BCUT2D eigenvalue weighted by Crippen LogP contribution is 2.35. The van der Waals surface area contributed by atoms with Gasteiger partial charge in [-0.25, -0.2) is 4.90 Å². The number of benzene rings is 1. The number of methoxy groups -OCH3 is 2. The first kappa shape index (κ1) is 18.0. The minimum absolute atomic E-state index is 0.00851. The zero-order chi connectivity index (χ0) is 19.0. The minimum Gasteiger partial charge on any atom is -0.497 e. The Balaban J connectivity index is 1.54. The maximum absolute atomic E-state index is 12.8. The molecule has 2 heterocycles. The molecule has 1 unspecified atom stereocenters. The van der Waals surface area contributed by atoms with Crippen LogP contribution in [0.25, 0.3) is 0 Å². The van der Waals surface area contributed by atoms with E-state index in [-0.39, 0.29) is 29.7 Å². The average molecular weight is 371 g/mol. The number of hydrogen-bond donors (Lipinski definition) is 1. The van der Waals surface area contributed by atoms with Gasteiger partial charge in [-0.1, -0.05) is 12.2 Å². The van der Waals surface area contributed by atoms with Crippen molar-refractivity contribution in [2.24, 2.45) is 11.8 Å². The van der Waals surface area contributed by atoms with Crippen molar-refractivity contribution in [3.8, 4) is 11.5 Å². The molecule has 4 rings (SSSR count). The van der Waals surface area contributed by atoms with E-state index in [1.807, 2.05) is 30.4 Å². The number of likely N-dealkylation sites (tertiary alicyclic amines) is 2. The third-order valence-corrected chi connectivity index (χ3v) is 6.26. The second-order valence-electron chi connectivity index (χ2n) is 7.63. The highest BCUT2D eigenvalue weighted by atomic mass is 16.5. The van der Waals surface area contributed by atoms with E-state index in [1.165, 1.54) is 9.80 Å². The molecule has 2 amide bonds. The van der Waals surface area contributed by atoms with Crippen LogP contribution < -0.4 is 14.4 Å². The van der Waals surface area contributed by atoms with E-state index in [4.69, 9.17) is 9.47 Å². The van der Waals surface area contributed by atoms with Gasteiger partial charge in [0, 0.05) is 18.9 Å². The number of fused-ring (bicyclic) bond motifs is 1. The fourth-order valence-electron chi connectivity index (χ4n) is 4.81. The van der Waals surface area contributed by atoms with Gasteiger partial charge in [-0.3, -0.25) is 9.59 Å². The predicted octanol–water partition coefficient (Wildman–Crippen LogP) is 1.33. The largest absolute Gasteiger partial charge is 0.497 e. The summed E-state index contributed by atoms with van der Waals surface area (Å²) in [5.74, 6) is 1.27. The summed E-state index contributed by atoms with van der Waals surface area (Å²) in [6.45, 7) is 1.40. The number of nitrogens with one attached hydrogen (secondary N) is 1. The van der Waals surface area contributed by atoms with E-state index in [0.29, 0.717) is 19.5 Å². The monoisotopic (exact) mass is 371 g/mol. The van der Waals surface area contributed by atoms with Crippen LogP contribution in [0.15, 0.2) is 30.4 Å². The van der Waals surface area contributed by atoms with Gasteiger partial charge in [-0.2, -0.15) is 0 Å². The summed E-state index contributed by atoms with van der Waals surface area (Å²) in [5, 5.41) is 0. The van der Waals surface area contributed by atoms with Crippen LogP contribution in [0.2, 0.25) is 0 Å². The molecule has 6 heteroatoms. The highest BCUT2D eigenvalue weighted by molar-refractivity contribution is 6.05. The summed E-state index contributed by atoms with van der Waals surface area (Å²) in [6.07, 6.45) is 7.53. The summed E-state index contributed by atoms with van der Waals surface area (Å²) < 4.78 is 10.9. The van der Waals surface area contributed by atoms with Crippen LogP contribution in [0.3, 0.4) is 0 Å². The highest BCUT2D eigenvalue weighted by Gasteiger charge is 2.49. The summed E-state index contributed by atoms with van der Waals surface area (Å²) in [7, 11) is 3.30. The molecule has 4 atom stereocenters. The second-order valence-corrected chi connectivity index (χ2v) is 7.63. The summed E-state index contributed by atoms with van der Waals surface area (Å²) in [6, 6.07) is 6.11. The first-order chi connectivity index (χ1) is 13.1. The molecule has 1 aromatic rings. The first-order valence-electron chi connectivity index (χ1n) is 9.70. The van der Waals surface area contributed by atoms with Gasteiger partial charge >= 0.3 is 0 Å². The number of rotatable bonds is 5. The minimum atomic E-state index is -0.154. The van der Waals surface area contributed by atoms with E-state index in [2.05, 4.69) is 0 Å². The Morgan fingerprint density at radius 2 is 1.78 bits per heavy atom. The van der Waals surface area contributed by atoms with Crippen molar-refractivity contribution in [3.05, 3.63) is 35.9 Å². The van der Waals surface area contributed by atoms with Gasteiger partial charge < -0.3 is 14.4 Å². The number of nitrogens with zero attached hydrogens (tertiary/aromatic N) is 1. The molecular formula is C21H27N2O4+. The zero-order valence-electron chi connectivity index (χ0n) is 15.9. The molecule has 2 fully saturated rings. The van der Waals surface area contributed by atoms with Gasteiger partial charge in [-0.15, -0.1) is 0 Å². The van der Waals surface area contributed by atoms with Crippen molar-refractivity contribution in [1.29, 1.82) is 0 Å². The zero-order valence-corrected chi connectivity index (χ0v) is 15.9. The standard InChI is InChI=1S/C21H26N2O4/c1-26-14-9-10-17(19(12-14)27-2)18-8-5-11-22(18)13-23-20(24)15-6-3-4-7-16(15)21(23)25/h3-4,9-10,12,15-16,18H,5-8,11,13H2,1-2H3/p+1/t15-,16+,18-/m1/s1. The topological polar surface area (TPSA) is 60.3 Å². The molecular weight excluding hydrogens is 344 g/mol. The van der Waals surface area contributed by atoms with E-state index < -0.39 is 0 Å². The third kappa shape index (κ3) is 3.12. The van der Waals surface area contributed by atoms with Crippen LogP contribution in [-0.4, -0.2) is 44.1 Å². The summed E-state index contributed by atoms with van der Waals surface area (Å²) in [4.78, 5) is 28.4. The van der Waals surface area contributed by atoms with Gasteiger partial charge in [0.25, 0.3) is 0 Å². The first-order valence-corrected chi connectivity index (χ1v) is 9.70. The molecule has 0 spiro atoms. The molecule has 1 N–H and O–H groups in total. The van der Waals surface area contributed by atoms with Gasteiger partial charge in [0.1, 0.15) is 17.5 Å². The van der Waals surface area contributed by atoms with Gasteiger partial charge in [0.2, 0.25) is 11.8 Å². The van der Waals surface area contributed by atoms with E-state index in [1.54, 1.807) is 14.2 Å². The Labute approximate surface area is 159 Å². The molecule has 2 saturated heterocycles. The molecule has 1 aromatic carbocycles. The fraction of sp³-hybridized carbons (Fsp3) is 0.524. The number of imide groups is 1. The lowest BCUT2D eigenvalue weighted by molar-refractivity contribution is -0.925. The molecule has 144 valence electrons. The SMILES string of the molecule is COc1ccc([C@H]2CCC[NH+]2CN2C(=O)[C@H]3CC=CC[C@H]3C2=O)c(OC)c1. The molecule has 0 radical (unpaired) electrons. The van der Waals surface area contributed by atoms with E-state index >= 15 is 0 Å². The maximum Gasteiger partial charge on any atom is 0.237 e. The number of carbonyl (C=O) groups is 2. The maximum atomic E-state index is 12.8. The van der Waals surface area contributed by atoms with Crippen molar-refractivity contribution in [1.82, 2.24) is 4.90 Å². The second kappa shape index (κ2) is 7.35. The lowest BCUT2D eigenvalue weighted by Crippen LogP contribution is -3.12. The smallest absolute Gasteiger partial charge is 0.237 e. The predicted molar refractivity (Wildman–Crippen MR) is 99.4 cm³/mol. The van der Waals surface area contributed by atoms with Crippen molar-refractivity contribution >= 4 is 11.8 Å². The van der Waals surface area contributed by atoms with Gasteiger partial charge in [0.05, 0.1) is 38.2 Å². The Hall–Kier alpha value is -2.34. The average Bonchev–Trinajstić information content (AvgIpc) is 3.26. The van der Waals surface area contributed by atoms with E-state index in [0.717, 1.165) is 36.4 Å². The molecule has 0 saturated carbocycles. The molecule has 1 aliphatic carbocycles. The van der Waals surface area contributed by atoms with Gasteiger partial charge in [-0.05, 0) is 25.0 Å². The molecule has 0 aromatic heterocycles. The molecule has 6 nitrogen and oxygen atoms in total. The molecule has 2 aliphatic heterocycles. The fourth-order valence-corrected chi connectivity index (χ4v) is 4.81. The van der Waals surface area contributed by atoms with E-state index in [9.17, 15) is 9.59 Å². The number of ether oxygens (including phenoxy) is 2. The Morgan fingerprint density at radius 1 is 1.07 bits per heavy atom. The lowest BCUT2D eigenvalue weighted by Gasteiger charge is -2.27. The Kier molecular flexibility index (Phi) is 4.91. The van der Waals surface area contributed by atoms with Crippen LogP contribution in [0.1, 0.15) is 37.3 Å². The number of hydrogen-bond acceptors (Lipinski definition) is 4. The van der Waals surface area contributed by atoms with Crippen molar-refractivity contribution < 1.29 is 24.0 Å². The molecule has 0 bridgehead atoms. The third-order valence-electron chi connectivity index (χ3n) is 6.26. The van der Waals surface area contributed by atoms with Crippen LogP contribution >= 0.6 is 0 Å². The molecule has 3 aliphatic rings. The van der Waals surface area contributed by atoms with Crippen LogP contribution in [0, 0.1) is 11.8 Å². The number of quaternary nitrogens is 1. The number of allylic oxidation sites excluding steroid dienone is 2. The number of carbonyl (C=O) groups excluding carboxylic acids is 2. The summed E-state index contributed by atoms with van der Waals surface area (Å²) >= 11 is 0. The Morgan fingerprint density at radius 3 is 2.41 bits per heavy atom. The van der Waals surface area contributed by atoms with Crippen molar-refractivity contribution in [3.63, 3.8) is 0 Å². The molecule has 27 heavy (non-hydrogen) atoms. The van der Waals surface area contributed by atoms with Crippen molar-refractivity contribution in [2.45, 2.75) is 31.7 Å². The van der Waals surface area contributed by atoms with Crippen LogP contribution in [0.5, 0.6) is 11.5 Å². The number of amides is 2. The normalized spacial score (nSPS) is 29.9. The van der Waals surface area contributed by atoms with Crippen molar-refractivity contribution in [2.75, 3.05) is 27.4 Å². The summed E-state index contributed by atoms with van der Waals surface area (Å²) in [5.41, 5.74) is 1.11. The Bertz CT molecular complexity index is 749.